The average Bonchev–Trinajstić information content (AvgIpc) is 3.43. The lowest BCUT2D eigenvalue weighted by molar-refractivity contribution is 0.0953. The molecule has 178 valence electrons. The molecule has 0 spiro atoms. The van der Waals surface area contributed by atoms with Crippen molar-refractivity contribution in [1.29, 1.82) is 0 Å². The number of hydrogen-bond acceptors (Lipinski definition) is 2. The number of amides is 1. The third kappa shape index (κ3) is 5.56. The van der Waals surface area contributed by atoms with Crippen molar-refractivity contribution in [3.05, 3.63) is 137 Å². The SMILES string of the molecule is O=C(NCCC(c1ccccc1)c1ccccc1)c1ccc(-c2cc(-c3ccc(Cl)cc3)[nH]n2)cc1. The summed E-state index contributed by atoms with van der Waals surface area (Å²) in [7, 11) is 0. The summed E-state index contributed by atoms with van der Waals surface area (Å²) in [6, 6.07) is 38.0. The Bertz CT molecular complexity index is 1370. The minimum absolute atomic E-state index is 0.0784. The first-order valence-electron chi connectivity index (χ1n) is 12.0. The van der Waals surface area contributed by atoms with E-state index >= 15 is 0 Å². The lowest BCUT2D eigenvalue weighted by Crippen LogP contribution is -2.25. The summed E-state index contributed by atoms with van der Waals surface area (Å²) in [5.74, 6) is 0.148. The molecule has 0 aliphatic carbocycles. The van der Waals surface area contributed by atoms with Crippen molar-refractivity contribution >= 4 is 17.5 Å². The fourth-order valence-electron chi connectivity index (χ4n) is 4.37. The van der Waals surface area contributed by atoms with E-state index in [0.29, 0.717) is 17.1 Å². The van der Waals surface area contributed by atoms with E-state index in [9.17, 15) is 4.79 Å². The van der Waals surface area contributed by atoms with Gasteiger partial charge in [-0.05, 0) is 53.4 Å². The van der Waals surface area contributed by atoms with Gasteiger partial charge in [-0.3, -0.25) is 9.89 Å². The summed E-state index contributed by atoms with van der Waals surface area (Å²) >= 11 is 5.99. The summed E-state index contributed by atoms with van der Waals surface area (Å²) in [4.78, 5) is 12.8. The van der Waals surface area contributed by atoms with Crippen LogP contribution in [0.2, 0.25) is 5.02 Å². The average molecular weight is 492 g/mol. The fourth-order valence-corrected chi connectivity index (χ4v) is 4.49. The third-order valence-electron chi connectivity index (χ3n) is 6.30. The molecular weight excluding hydrogens is 466 g/mol. The Morgan fingerprint density at radius 2 is 1.36 bits per heavy atom. The largest absolute Gasteiger partial charge is 0.352 e. The molecule has 1 amide bonds. The molecule has 2 N–H and O–H groups in total. The van der Waals surface area contributed by atoms with Crippen LogP contribution in [0, 0.1) is 0 Å². The highest BCUT2D eigenvalue weighted by Gasteiger charge is 2.15. The summed E-state index contributed by atoms with van der Waals surface area (Å²) in [5, 5.41) is 11.3. The molecule has 0 saturated carbocycles. The maximum absolute atomic E-state index is 12.8. The van der Waals surface area contributed by atoms with Crippen LogP contribution in [0.5, 0.6) is 0 Å². The third-order valence-corrected chi connectivity index (χ3v) is 6.55. The van der Waals surface area contributed by atoms with Gasteiger partial charge in [0.05, 0.1) is 11.4 Å². The highest BCUT2D eigenvalue weighted by atomic mass is 35.5. The molecule has 1 heterocycles. The number of nitrogens with zero attached hydrogens (tertiary/aromatic N) is 1. The van der Waals surface area contributed by atoms with E-state index in [1.165, 1.54) is 11.1 Å². The normalized spacial score (nSPS) is 10.9. The van der Waals surface area contributed by atoms with Crippen LogP contribution in [0.4, 0.5) is 0 Å². The number of carbonyl (C=O) groups excluding carboxylic acids is 1. The second kappa shape index (κ2) is 11.1. The van der Waals surface area contributed by atoms with E-state index in [4.69, 9.17) is 11.6 Å². The van der Waals surface area contributed by atoms with Gasteiger partial charge in [-0.15, -0.1) is 0 Å². The van der Waals surface area contributed by atoms with Crippen LogP contribution in [0.1, 0.15) is 33.8 Å². The first-order chi connectivity index (χ1) is 17.7. The van der Waals surface area contributed by atoms with E-state index in [2.05, 4.69) is 64.0 Å². The Labute approximate surface area is 216 Å². The molecule has 5 rings (SSSR count). The molecule has 0 atom stereocenters. The molecule has 5 aromatic rings. The number of carbonyl (C=O) groups is 1. The minimum atomic E-state index is -0.0784. The second-order valence-corrected chi connectivity index (χ2v) is 9.11. The molecule has 4 aromatic carbocycles. The quantitative estimate of drug-likeness (QED) is 0.238. The topological polar surface area (TPSA) is 57.8 Å². The number of halogens is 1. The second-order valence-electron chi connectivity index (χ2n) is 8.67. The minimum Gasteiger partial charge on any atom is -0.352 e. The van der Waals surface area contributed by atoms with E-state index < -0.39 is 0 Å². The molecule has 0 radical (unpaired) electrons. The molecule has 0 unspecified atom stereocenters. The van der Waals surface area contributed by atoms with Crippen molar-refractivity contribution in [3.63, 3.8) is 0 Å². The molecule has 0 bridgehead atoms. The first-order valence-corrected chi connectivity index (χ1v) is 12.3. The Morgan fingerprint density at radius 1 is 0.778 bits per heavy atom. The van der Waals surface area contributed by atoms with E-state index in [1.807, 2.05) is 66.7 Å². The Balaban J connectivity index is 1.22. The van der Waals surface area contributed by atoms with Crippen LogP contribution in [0.15, 0.2) is 115 Å². The number of H-pyrrole nitrogens is 1. The molecule has 0 fully saturated rings. The Kier molecular flexibility index (Phi) is 7.25. The van der Waals surface area contributed by atoms with Crippen LogP contribution >= 0.6 is 11.6 Å². The number of aromatic nitrogens is 2. The highest BCUT2D eigenvalue weighted by Crippen LogP contribution is 2.28. The molecule has 0 aliphatic rings. The van der Waals surface area contributed by atoms with Crippen LogP contribution in [0.25, 0.3) is 22.5 Å². The Hall–Kier alpha value is -4.15. The van der Waals surface area contributed by atoms with Crippen molar-refractivity contribution in [2.24, 2.45) is 0 Å². The van der Waals surface area contributed by atoms with Crippen LogP contribution in [-0.4, -0.2) is 22.6 Å². The van der Waals surface area contributed by atoms with Gasteiger partial charge in [0.2, 0.25) is 0 Å². The number of benzene rings is 4. The van der Waals surface area contributed by atoms with E-state index in [-0.39, 0.29) is 11.8 Å². The lowest BCUT2D eigenvalue weighted by atomic mass is 9.88. The van der Waals surface area contributed by atoms with Gasteiger partial charge in [0.1, 0.15) is 0 Å². The van der Waals surface area contributed by atoms with Gasteiger partial charge in [-0.2, -0.15) is 5.10 Å². The lowest BCUT2D eigenvalue weighted by Gasteiger charge is -2.18. The summed E-state index contributed by atoms with van der Waals surface area (Å²) in [6.07, 6.45) is 0.818. The fraction of sp³-hybridized carbons (Fsp3) is 0.0968. The van der Waals surface area contributed by atoms with Gasteiger partial charge in [0.15, 0.2) is 0 Å². The summed E-state index contributed by atoms with van der Waals surface area (Å²) < 4.78 is 0. The van der Waals surface area contributed by atoms with Gasteiger partial charge in [0.25, 0.3) is 5.91 Å². The highest BCUT2D eigenvalue weighted by molar-refractivity contribution is 6.30. The van der Waals surface area contributed by atoms with Crippen molar-refractivity contribution in [1.82, 2.24) is 15.5 Å². The summed E-state index contributed by atoms with van der Waals surface area (Å²) in [5.41, 5.74) is 6.81. The first kappa shape index (κ1) is 23.6. The van der Waals surface area contributed by atoms with Crippen LogP contribution < -0.4 is 5.32 Å². The van der Waals surface area contributed by atoms with Gasteiger partial charge in [-0.25, -0.2) is 0 Å². The monoisotopic (exact) mass is 491 g/mol. The number of hydrogen-bond donors (Lipinski definition) is 2. The predicted molar refractivity (Wildman–Crippen MR) is 146 cm³/mol. The van der Waals surface area contributed by atoms with Crippen molar-refractivity contribution in [2.75, 3.05) is 6.54 Å². The van der Waals surface area contributed by atoms with Gasteiger partial charge >= 0.3 is 0 Å². The van der Waals surface area contributed by atoms with Crippen LogP contribution in [-0.2, 0) is 0 Å². The molecule has 1 aromatic heterocycles. The predicted octanol–water partition coefficient (Wildman–Crippen LogP) is 7.35. The molecule has 5 heteroatoms. The molecule has 0 saturated heterocycles. The molecule has 36 heavy (non-hydrogen) atoms. The maximum atomic E-state index is 12.8. The molecule has 0 aliphatic heterocycles. The van der Waals surface area contributed by atoms with Gasteiger partial charge in [0, 0.05) is 28.6 Å². The number of rotatable bonds is 8. The van der Waals surface area contributed by atoms with E-state index in [1.54, 1.807) is 0 Å². The number of nitrogens with one attached hydrogen (secondary N) is 2. The van der Waals surface area contributed by atoms with Gasteiger partial charge in [-0.1, -0.05) is 96.5 Å². The summed E-state index contributed by atoms with van der Waals surface area (Å²) in [6.45, 7) is 0.582. The standard InChI is InChI=1S/C31H26ClN3O/c32-27-17-15-25(16-18-27)30-21-29(34-35-30)24-11-13-26(14-12-24)31(36)33-20-19-28(22-7-3-1-4-8-22)23-9-5-2-6-10-23/h1-18,21,28H,19-20H2,(H,33,36)(H,34,35). The maximum Gasteiger partial charge on any atom is 0.251 e. The van der Waals surface area contributed by atoms with E-state index in [0.717, 1.165) is 28.9 Å². The zero-order valence-corrected chi connectivity index (χ0v) is 20.5. The van der Waals surface area contributed by atoms with Crippen LogP contribution in [0.3, 0.4) is 0 Å². The van der Waals surface area contributed by atoms with Crippen molar-refractivity contribution < 1.29 is 4.79 Å². The molecule has 4 nitrogen and oxygen atoms in total. The number of aromatic amines is 1. The Morgan fingerprint density at radius 3 is 1.97 bits per heavy atom. The molecular formula is C31H26ClN3O. The van der Waals surface area contributed by atoms with Crippen molar-refractivity contribution in [3.8, 4) is 22.5 Å². The zero-order chi connectivity index (χ0) is 24.7. The smallest absolute Gasteiger partial charge is 0.251 e. The zero-order valence-electron chi connectivity index (χ0n) is 19.7. The van der Waals surface area contributed by atoms with Gasteiger partial charge < -0.3 is 5.32 Å². The van der Waals surface area contributed by atoms with Crippen molar-refractivity contribution in [2.45, 2.75) is 12.3 Å².